The van der Waals surface area contributed by atoms with E-state index < -0.39 is 12.3 Å². The highest BCUT2D eigenvalue weighted by atomic mass is 16.7. The van der Waals surface area contributed by atoms with Crippen LogP contribution in [0.3, 0.4) is 0 Å². The number of hydrogen-bond acceptors (Lipinski definition) is 6. The van der Waals surface area contributed by atoms with Crippen LogP contribution in [0.2, 0.25) is 0 Å². The van der Waals surface area contributed by atoms with Crippen molar-refractivity contribution in [1.29, 1.82) is 0 Å². The average Bonchev–Trinajstić information content (AvgIpc) is 3.03. The van der Waals surface area contributed by atoms with Crippen LogP contribution in [0.25, 0.3) is 11.1 Å². The lowest BCUT2D eigenvalue weighted by molar-refractivity contribution is -0.252. The first-order chi connectivity index (χ1) is 21.3. The number of aliphatic carboxylic acids is 1. The van der Waals surface area contributed by atoms with Gasteiger partial charge in [0.2, 0.25) is 5.91 Å². The van der Waals surface area contributed by atoms with Crippen molar-refractivity contribution < 1.29 is 29.3 Å². The van der Waals surface area contributed by atoms with Crippen LogP contribution >= 0.6 is 0 Å². The zero-order valence-corrected chi connectivity index (χ0v) is 25.5. The first-order valence-electron chi connectivity index (χ1n) is 15.3. The summed E-state index contributed by atoms with van der Waals surface area (Å²) in [6.07, 6.45) is 4.37. The van der Waals surface area contributed by atoms with Gasteiger partial charge in [-0.3, -0.25) is 9.59 Å². The third-order valence-corrected chi connectivity index (χ3v) is 7.77. The number of benzene rings is 3. The van der Waals surface area contributed by atoms with Crippen LogP contribution in [-0.4, -0.2) is 53.2 Å². The van der Waals surface area contributed by atoms with Gasteiger partial charge in [0.05, 0.1) is 18.8 Å². The molecule has 3 unspecified atom stereocenters. The van der Waals surface area contributed by atoms with Crippen molar-refractivity contribution in [2.45, 2.75) is 70.2 Å². The van der Waals surface area contributed by atoms with Gasteiger partial charge in [-0.05, 0) is 59.8 Å². The Labute approximate surface area is 260 Å². The predicted molar refractivity (Wildman–Crippen MR) is 171 cm³/mol. The zero-order valence-electron chi connectivity index (χ0n) is 25.5. The Kier molecular flexibility index (Phi) is 12.7. The number of likely N-dealkylation sites (N-methyl/N-ethyl adjacent to an activating group) is 1. The number of carbonyl (C=O) groups is 2. The molecule has 3 aromatic carbocycles. The quantitative estimate of drug-likeness (QED) is 0.134. The van der Waals surface area contributed by atoms with Gasteiger partial charge in [-0.15, -0.1) is 6.58 Å². The highest BCUT2D eigenvalue weighted by Gasteiger charge is 2.32. The molecule has 8 nitrogen and oxygen atoms in total. The molecule has 3 atom stereocenters. The molecule has 0 aromatic heterocycles. The Hall–Kier alpha value is -3.82. The van der Waals surface area contributed by atoms with Crippen molar-refractivity contribution >= 4 is 11.9 Å². The third kappa shape index (κ3) is 10.1. The molecule has 1 aliphatic heterocycles. The standard InChI is InChI=1S/C36H44N2O6/c1-3-19-38(2)24-32-22-33(28-17-15-26(25-39)16-18-28)44-36(43-32)31-12-8-11-30(21-31)29-10-7-9-27(20-29)23-37-34(40)13-5-4-6-14-35(41)42/h3,7-12,15-18,20-21,32-33,36,39H,1,4-6,13-14,19,22-25H2,2H3,(H,37,40)(H,41,42). The van der Waals surface area contributed by atoms with Crippen LogP contribution in [0.1, 0.15) is 73.2 Å². The smallest absolute Gasteiger partial charge is 0.303 e. The number of nitrogens with zero attached hydrogens (tertiary/aromatic N) is 1. The van der Waals surface area contributed by atoms with Crippen LogP contribution in [-0.2, 0) is 32.2 Å². The number of carboxylic acids is 1. The van der Waals surface area contributed by atoms with Crippen LogP contribution < -0.4 is 5.32 Å². The summed E-state index contributed by atoms with van der Waals surface area (Å²) in [7, 11) is 2.05. The Morgan fingerprint density at radius 1 is 0.932 bits per heavy atom. The number of carboxylic acid groups (broad SMARTS) is 1. The van der Waals surface area contributed by atoms with Gasteiger partial charge in [0.15, 0.2) is 6.29 Å². The Morgan fingerprint density at radius 2 is 1.66 bits per heavy atom. The van der Waals surface area contributed by atoms with Gasteiger partial charge in [-0.1, -0.05) is 73.2 Å². The molecule has 234 valence electrons. The van der Waals surface area contributed by atoms with Gasteiger partial charge in [0, 0.05) is 44.5 Å². The summed E-state index contributed by atoms with van der Waals surface area (Å²) in [6.45, 7) is 5.79. The van der Waals surface area contributed by atoms with E-state index in [1.165, 1.54) is 0 Å². The summed E-state index contributed by atoms with van der Waals surface area (Å²) in [5.41, 5.74) is 5.89. The van der Waals surface area contributed by atoms with Gasteiger partial charge in [0.25, 0.3) is 0 Å². The lowest BCUT2D eigenvalue weighted by Crippen LogP contribution is -2.37. The molecule has 1 fully saturated rings. The van der Waals surface area contributed by atoms with Crippen molar-refractivity contribution in [3.05, 3.63) is 108 Å². The molecule has 1 amide bonds. The number of aliphatic hydroxyl groups is 1. The lowest BCUT2D eigenvalue weighted by Gasteiger charge is -2.37. The van der Waals surface area contributed by atoms with E-state index in [0.717, 1.165) is 52.9 Å². The van der Waals surface area contributed by atoms with Crippen molar-refractivity contribution in [1.82, 2.24) is 10.2 Å². The fourth-order valence-corrected chi connectivity index (χ4v) is 5.43. The van der Waals surface area contributed by atoms with Gasteiger partial charge in [-0.2, -0.15) is 0 Å². The number of hydrogen-bond donors (Lipinski definition) is 3. The van der Waals surface area contributed by atoms with Crippen LogP contribution in [0.5, 0.6) is 0 Å². The largest absolute Gasteiger partial charge is 0.481 e. The molecule has 1 aliphatic rings. The Balaban J connectivity index is 1.44. The number of unbranched alkanes of at least 4 members (excludes halogenated alkanes) is 2. The molecular weight excluding hydrogens is 556 g/mol. The Morgan fingerprint density at radius 3 is 2.39 bits per heavy atom. The maximum atomic E-state index is 12.3. The fraction of sp³-hybridized carbons (Fsp3) is 0.389. The number of ether oxygens (including phenoxy) is 2. The van der Waals surface area contributed by atoms with Crippen molar-refractivity contribution in [2.24, 2.45) is 0 Å². The summed E-state index contributed by atoms with van der Waals surface area (Å²) < 4.78 is 13.1. The monoisotopic (exact) mass is 600 g/mol. The molecule has 0 spiro atoms. The van der Waals surface area contributed by atoms with Crippen molar-refractivity contribution in [3.8, 4) is 11.1 Å². The minimum Gasteiger partial charge on any atom is -0.481 e. The SMILES string of the molecule is C=CCN(C)CC1CC(c2ccc(CO)cc2)OC(c2cccc(-c3cccc(CNC(=O)CCCCCC(=O)O)c3)c2)O1. The molecule has 4 rings (SSSR count). The number of nitrogens with one attached hydrogen (secondary N) is 1. The first-order valence-corrected chi connectivity index (χ1v) is 15.3. The minimum atomic E-state index is -0.802. The number of rotatable bonds is 16. The molecule has 0 aliphatic carbocycles. The van der Waals surface area contributed by atoms with Crippen molar-refractivity contribution in [2.75, 3.05) is 20.1 Å². The molecular formula is C36H44N2O6. The van der Waals surface area contributed by atoms with E-state index in [0.29, 0.717) is 32.2 Å². The number of aliphatic hydroxyl groups excluding tert-OH is 1. The third-order valence-electron chi connectivity index (χ3n) is 7.77. The molecule has 0 saturated carbocycles. The molecule has 8 heteroatoms. The predicted octanol–water partition coefficient (Wildman–Crippen LogP) is 6.16. The summed E-state index contributed by atoms with van der Waals surface area (Å²) in [6, 6.07) is 24.2. The van der Waals surface area contributed by atoms with Crippen LogP contribution in [0, 0.1) is 0 Å². The van der Waals surface area contributed by atoms with E-state index in [4.69, 9.17) is 14.6 Å². The molecule has 0 bridgehead atoms. The summed E-state index contributed by atoms with van der Waals surface area (Å²) >= 11 is 0. The van der Waals surface area contributed by atoms with Crippen LogP contribution in [0.4, 0.5) is 0 Å². The fourth-order valence-electron chi connectivity index (χ4n) is 5.43. The van der Waals surface area contributed by atoms with Gasteiger partial charge in [-0.25, -0.2) is 0 Å². The second kappa shape index (κ2) is 16.9. The Bertz CT molecular complexity index is 1380. The second-order valence-electron chi connectivity index (χ2n) is 11.4. The van der Waals surface area contributed by atoms with E-state index in [-0.39, 0.29) is 31.1 Å². The van der Waals surface area contributed by atoms with E-state index in [1.54, 1.807) is 0 Å². The molecule has 1 heterocycles. The van der Waals surface area contributed by atoms with Crippen molar-refractivity contribution in [3.63, 3.8) is 0 Å². The molecule has 3 aromatic rings. The highest BCUT2D eigenvalue weighted by molar-refractivity contribution is 5.76. The second-order valence-corrected chi connectivity index (χ2v) is 11.4. The van der Waals surface area contributed by atoms with Gasteiger partial charge >= 0.3 is 5.97 Å². The maximum absolute atomic E-state index is 12.3. The minimum absolute atomic E-state index is 0.00303. The van der Waals surface area contributed by atoms with Gasteiger partial charge in [0.1, 0.15) is 0 Å². The van der Waals surface area contributed by atoms with E-state index in [2.05, 4.69) is 42.0 Å². The topological polar surface area (TPSA) is 108 Å². The number of carbonyl (C=O) groups excluding carboxylic acids is 1. The summed E-state index contributed by atoms with van der Waals surface area (Å²) in [4.78, 5) is 25.1. The highest BCUT2D eigenvalue weighted by Crippen LogP contribution is 2.39. The van der Waals surface area contributed by atoms with Crippen LogP contribution in [0.15, 0.2) is 85.5 Å². The summed E-state index contributed by atoms with van der Waals surface area (Å²) in [5.74, 6) is -0.836. The van der Waals surface area contributed by atoms with E-state index in [9.17, 15) is 14.7 Å². The van der Waals surface area contributed by atoms with Gasteiger partial charge < -0.3 is 29.9 Å². The lowest BCUT2D eigenvalue weighted by atomic mass is 9.98. The maximum Gasteiger partial charge on any atom is 0.303 e. The normalized spacial score (nSPS) is 18.2. The zero-order chi connectivity index (χ0) is 31.3. The molecule has 0 radical (unpaired) electrons. The molecule has 44 heavy (non-hydrogen) atoms. The first kappa shape index (κ1) is 33.1. The van der Waals surface area contributed by atoms with E-state index in [1.807, 2.05) is 60.7 Å². The average molecular weight is 601 g/mol. The van der Waals surface area contributed by atoms with E-state index >= 15 is 0 Å². The molecule has 3 N–H and O–H groups in total. The molecule has 1 saturated heterocycles. The number of amides is 1. The summed E-state index contributed by atoms with van der Waals surface area (Å²) in [5, 5.41) is 21.2.